The lowest BCUT2D eigenvalue weighted by Crippen LogP contribution is -2.06. The summed E-state index contributed by atoms with van der Waals surface area (Å²) in [5.74, 6) is 1.01. The monoisotopic (exact) mass is 172 g/mol. The maximum Gasteiger partial charge on any atom is 0.192 e. The normalized spacial score (nSPS) is 12.6. The van der Waals surface area contributed by atoms with E-state index in [0.717, 1.165) is 17.7 Å². The van der Waals surface area contributed by atoms with Crippen molar-refractivity contribution in [1.29, 1.82) is 0 Å². The van der Waals surface area contributed by atoms with Gasteiger partial charge in [-0.3, -0.25) is 4.79 Å². The van der Waals surface area contributed by atoms with E-state index >= 15 is 0 Å². The van der Waals surface area contributed by atoms with Crippen molar-refractivity contribution in [3.63, 3.8) is 0 Å². The molecule has 0 saturated carbocycles. The molecule has 0 aliphatic carbocycles. The maximum absolute atomic E-state index is 11.2. The highest BCUT2D eigenvalue weighted by Gasteiger charge is 2.11. The van der Waals surface area contributed by atoms with Gasteiger partial charge in [0.15, 0.2) is 5.12 Å². The summed E-state index contributed by atoms with van der Waals surface area (Å²) < 4.78 is 0. The Morgan fingerprint density at radius 3 is 2.55 bits per heavy atom. The number of hydrogen-bond donors (Lipinski definition) is 0. The van der Waals surface area contributed by atoms with Crippen LogP contribution in [0.3, 0.4) is 0 Å². The SMILES string of the molecule is C=C(C)CC(C)C(=O)SCC. The van der Waals surface area contributed by atoms with Crippen LogP contribution in [0.15, 0.2) is 12.2 Å². The summed E-state index contributed by atoms with van der Waals surface area (Å²) in [6.07, 6.45) is 0.825. The van der Waals surface area contributed by atoms with Gasteiger partial charge in [0.25, 0.3) is 0 Å². The first-order valence-electron chi connectivity index (χ1n) is 3.89. The number of allylic oxidation sites excluding steroid dienone is 1. The van der Waals surface area contributed by atoms with Gasteiger partial charge in [-0.2, -0.15) is 0 Å². The molecule has 0 heterocycles. The van der Waals surface area contributed by atoms with Crippen molar-refractivity contribution < 1.29 is 4.79 Å². The van der Waals surface area contributed by atoms with Crippen LogP contribution < -0.4 is 0 Å². The molecule has 11 heavy (non-hydrogen) atoms. The van der Waals surface area contributed by atoms with Crippen LogP contribution in [0.4, 0.5) is 0 Å². The average Bonchev–Trinajstić information content (AvgIpc) is 1.86. The second-order valence-corrected chi connectivity index (χ2v) is 4.08. The fourth-order valence-electron chi connectivity index (χ4n) is 0.891. The molecule has 1 atom stereocenters. The van der Waals surface area contributed by atoms with Crippen molar-refractivity contribution in [1.82, 2.24) is 0 Å². The number of thioether (sulfide) groups is 1. The molecule has 1 nitrogen and oxygen atoms in total. The highest BCUT2D eigenvalue weighted by molar-refractivity contribution is 8.13. The minimum absolute atomic E-state index is 0.137. The molecular weight excluding hydrogens is 156 g/mol. The number of carbonyl (C=O) groups excluding carboxylic acids is 1. The Bertz CT molecular complexity index is 152. The van der Waals surface area contributed by atoms with E-state index in [-0.39, 0.29) is 11.0 Å². The Labute approximate surface area is 73.3 Å². The third-order valence-corrected chi connectivity index (χ3v) is 2.32. The van der Waals surface area contributed by atoms with Crippen molar-refractivity contribution in [2.24, 2.45) is 5.92 Å². The van der Waals surface area contributed by atoms with Gasteiger partial charge in [-0.25, -0.2) is 0 Å². The Kier molecular flexibility index (Phi) is 5.30. The van der Waals surface area contributed by atoms with E-state index in [1.165, 1.54) is 11.8 Å². The zero-order chi connectivity index (χ0) is 8.85. The predicted octanol–water partition coefficient (Wildman–Crippen LogP) is 2.87. The highest BCUT2D eigenvalue weighted by atomic mass is 32.2. The van der Waals surface area contributed by atoms with Gasteiger partial charge in [-0.15, -0.1) is 6.58 Å². The first-order chi connectivity index (χ1) is 5.07. The lowest BCUT2D eigenvalue weighted by molar-refractivity contribution is -0.113. The van der Waals surface area contributed by atoms with Crippen LogP contribution in [0.5, 0.6) is 0 Å². The summed E-state index contributed by atoms with van der Waals surface area (Å²) in [6, 6.07) is 0. The van der Waals surface area contributed by atoms with Crippen LogP contribution in [-0.2, 0) is 4.79 Å². The van der Waals surface area contributed by atoms with Gasteiger partial charge < -0.3 is 0 Å². The van der Waals surface area contributed by atoms with Crippen molar-refractivity contribution in [3.8, 4) is 0 Å². The van der Waals surface area contributed by atoms with Crippen LogP contribution >= 0.6 is 11.8 Å². The Morgan fingerprint density at radius 2 is 2.18 bits per heavy atom. The van der Waals surface area contributed by atoms with Crippen molar-refractivity contribution >= 4 is 16.9 Å². The molecule has 0 aromatic rings. The molecule has 0 aliphatic heterocycles. The zero-order valence-corrected chi connectivity index (χ0v) is 8.33. The van der Waals surface area contributed by atoms with E-state index in [2.05, 4.69) is 6.58 Å². The van der Waals surface area contributed by atoms with Gasteiger partial charge in [0, 0.05) is 5.92 Å². The molecule has 0 bridgehead atoms. The molecule has 0 rings (SSSR count). The summed E-state index contributed by atoms with van der Waals surface area (Å²) in [5, 5.41) is 0.288. The predicted molar refractivity (Wildman–Crippen MR) is 51.7 cm³/mol. The largest absolute Gasteiger partial charge is 0.287 e. The third kappa shape index (κ3) is 5.08. The van der Waals surface area contributed by atoms with Crippen LogP contribution in [0.25, 0.3) is 0 Å². The minimum Gasteiger partial charge on any atom is -0.287 e. The van der Waals surface area contributed by atoms with E-state index in [1.54, 1.807) is 0 Å². The number of carbonyl (C=O) groups is 1. The van der Waals surface area contributed by atoms with Gasteiger partial charge in [-0.05, 0) is 19.1 Å². The summed E-state index contributed by atoms with van der Waals surface area (Å²) in [5.41, 5.74) is 1.09. The maximum atomic E-state index is 11.2. The lowest BCUT2D eigenvalue weighted by Gasteiger charge is -2.07. The minimum atomic E-state index is 0.137. The second-order valence-electron chi connectivity index (χ2n) is 2.81. The molecule has 2 heteroatoms. The summed E-state index contributed by atoms with van der Waals surface area (Å²) in [6.45, 7) is 9.69. The van der Waals surface area contributed by atoms with Crippen LogP contribution in [0.2, 0.25) is 0 Å². The van der Waals surface area contributed by atoms with E-state index in [9.17, 15) is 4.79 Å². The van der Waals surface area contributed by atoms with Gasteiger partial charge >= 0.3 is 0 Å². The molecule has 1 unspecified atom stereocenters. The molecule has 0 aromatic carbocycles. The Morgan fingerprint density at radius 1 is 1.64 bits per heavy atom. The van der Waals surface area contributed by atoms with E-state index in [0.29, 0.717) is 0 Å². The van der Waals surface area contributed by atoms with Gasteiger partial charge in [0.2, 0.25) is 0 Å². The van der Waals surface area contributed by atoms with Crippen molar-refractivity contribution in [3.05, 3.63) is 12.2 Å². The zero-order valence-electron chi connectivity index (χ0n) is 7.52. The first kappa shape index (κ1) is 10.8. The van der Waals surface area contributed by atoms with Gasteiger partial charge in [-0.1, -0.05) is 31.2 Å². The van der Waals surface area contributed by atoms with Crippen LogP contribution in [0, 0.1) is 5.92 Å². The van der Waals surface area contributed by atoms with Gasteiger partial charge in [0.05, 0.1) is 0 Å². The number of hydrogen-bond acceptors (Lipinski definition) is 2. The standard InChI is InChI=1S/C9H16OS/c1-5-11-9(10)8(4)6-7(2)3/h8H,2,5-6H2,1,3-4H3. The molecule has 0 aromatic heterocycles. The smallest absolute Gasteiger partial charge is 0.192 e. The van der Waals surface area contributed by atoms with Gasteiger partial charge in [0.1, 0.15) is 0 Å². The lowest BCUT2D eigenvalue weighted by atomic mass is 10.1. The summed E-state index contributed by atoms with van der Waals surface area (Å²) >= 11 is 1.40. The fraction of sp³-hybridized carbons (Fsp3) is 0.667. The second kappa shape index (κ2) is 5.42. The molecule has 64 valence electrons. The molecular formula is C9H16OS. The molecule has 0 amide bonds. The molecule has 0 aliphatic rings. The molecule has 0 saturated heterocycles. The van der Waals surface area contributed by atoms with Crippen molar-refractivity contribution in [2.75, 3.05) is 5.75 Å². The fourth-order valence-corrected chi connectivity index (χ4v) is 1.54. The van der Waals surface area contributed by atoms with Crippen molar-refractivity contribution in [2.45, 2.75) is 27.2 Å². The summed E-state index contributed by atoms with van der Waals surface area (Å²) in [4.78, 5) is 11.2. The summed E-state index contributed by atoms with van der Waals surface area (Å²) in [7, 11) is 0. The molecule has 0 radical (unpaired) electrons. The topological polar surface area (TPSA) is 17.1 Å². The molecule has 0 fully saturated rings. The Balaban J connectivity index is 3.73. The van der Waals surface area contributed by atoms with E-state index in [4.69, 9.17) is 0 Å². The average molecular weight is 172 g/mol. The van der Waals surface area contributed by atoms with Crippen LogP contribution in [-0.4, -0.2) is 10.9 Å². The third-order valence-electron chi connectivity index (χ3n) is 1.34. The molecule has 0 N–H and O–H groups in total. The highest BCUT2D eigenvalue weighted by Crippen LogP contribution is 2.16. The van der Waals surface area contributed by atoms with E-state index in [1.807, 2.05) is 20.8 Å². The van der Waals surface area contributed by atoms with E-state index < -0.39 is 0 Å². The quantitative estimate of drug-likeness (QED) is 0.606. The molecule has 0 spiro atoms. The number of rotatable bonds is 4. The Hall–Kier alpha value is -0.240. The van der Waals surface area contributed by atoms with Crippen LogP contribution in [0.1, 0.15) is 27.2 Å². The first-order valence-corrected chi connectivity index (χ1v) is 4.87.